The first-order valence-electron chi connectivity index (χ1n) is 6.05. The SMILES string of the molecule is COCc1cc(C(=O)OC)ncc1CN1CC(F)C1. The highest BCUT2D eigenvalue weighted by Crippen LogP contribution is 2.19. The van der Waals surface area contributed by atoms with E-state index in [9.17, 15) is 9.18 Å². The minimum atomic E-state index is -0.729. The third-order valence-electron chi connectivity index (χ3n) is 3.08. The molecule has 0 amide bonds. The topological polar surface area (TPSA) is 51.7 Å². The van der Waals surface area contributed by atoms with E-state index in [1.54, 1.807) is 19.4 Å². The Hall–Kier alpha value is -1.53. The third-order valence-corrected chi connectivity index (χ3v) is 3.08. The summed E-state index contributed by atoms with van der Waals surface area (Å²) in [5.74, 6) is -0.475. The Labute approximate surface area is 111 Å². The maximum absolute atomic E-state index is 12.8. The zero-order valence-electron chi connectivity index (χ0n) is 11.1. The Morgan fingerprint density at radius 3 is 2.79 bits per heavy atom. The Morgan fingerprint density at radius 1 is 1.47 bits per heavy atom. The van der Waals surface area contributed by atoms with E-state index in [0.717, 1.165) is 11.1 Å². The van der Waals surface area contributed by atoms with E-state index >= 15 is 0 Å². The number of ether oxygens (including phenoxy) is 2. The number of pyridine rings is 1. The zero-order chi connectivity index (χ0) is 13.8. The van der Waals surface area contributed by atoms with Crippen LogP contribution in [0.15, 0.2) is 12.3 Å². The molecule has 6 heteroatoms. The number of carbonyl (C=O) groups excluding carboxylic acids is 1. The minimum Gasteiger partial charge on any atom is -0.464 e. The lowest BCUT2D eigenvalue weighted by Crippen LogP contribution is -2.47. The highest BCUT2D eigenvalue weighted by atomic mass is 19.1. The highest BCUT2D eigenvalue weighted by molar-refractivity contribution is 5.87. The molecule has 0 aromatic carbocycles. The number of carbonyl (C=O) groups is 1. The highest BCUT2D eigenvalue weighted by Gasteiger charge is 2.26. The molecule has 1 fully saturated rings. The van der Waals surface area contributed by atoms with Gasteiger partial charge in [0.25, 0.3) is 0 Å². The van der Waals surface area contributed by atoms with E-state index in [1.165, 1.54) is 7.11 Å². The number of halogens is 1. The van der Waals surface area contributed by atoms with Crippen LogP contribution in [0.1, 0.15) is 21.6 Å². The van der Waals surface area contributed by atoms with E-state index in [4.69, 9.17) is 4.74 Å². The van der Waals surface area contributed by atoms with Crippen LogP contribution in [-0.2, 0) is 22.6 Å². The van der Waals surface area contributed by atoms with Crippen molar-refractivity contribution >= 4 is 5.97 Å². The van der Waals surface area contributed by atoms with Gasteiger partial charge in [-0.05, 0) is 17.2 Å². The quantitative estimate of drug-likeness (QED) is 0.750. The molecule has 1 aromatic rings. The zero-order valence-corrected chi connectivity index (χ0v) is 11.1. The van der Waals surface area contributed by atoms with Crippen molar-refractivity contribution in [2.45, 2.75) is 19.3 Å². The molecule has 1 aliphatic heterocycles. The van der Waals surface area contributed by atoms with Crippen LogP contribution in [0.3, 0.4) is 0 Å². The second-order valence-corrected chi connectivity index (χ2v) is 4.55. The smallest absolute Gasteiger partial charge is 0.356 e. The summed E-state index contributed by atoms with van der Waals surface area (Å²) in [4.78, 5) is 17.5. The molecule has 0 aliphatic carbocycles. The van der Waals surface area contributed by atoms with Gasteiger partial charge in [-0.2, -0.15) is 0 Å². The van der Waals surface area contributed by atoms with E-state index < -0.39 is 12.1 Å². The average molecular weight is 268 g/mol. The van der Waals surface area contributed by atoms with Gasteiger partial charge in [0.15, 0.2) is 0 Å². The lowest BCUT2D eigenvalue weighted by Gasteiger charge is -2.34. The Kier molecular flexibility index (Phi) is 4.44. The number of nitrogens with zero attached hydrogens (tertiary/aromatic N) is 2. The summed E-state index contributed by atoms with van der Waals surface area (Å²) in [5.41, 5.74) is 2.08. The predicted molar refractivity (Wildman–Crippen MR) is 66.5 cm³/mol. The number of alkyl halides is 1. The fourth-order valence-corrected chi connectivity index (χ4v) is 2.05. The van der Waals surface area contributed by atoms with Gasteiger partial charge in [-0.15, -0.1) is 0 Å². The first-order valence-corrected chi connectivity index (χ1v) is 6.05. The molecule has 0 unspecified atom stereocenters. The molecule has 1 aromatic heterocycles. The third kappa shape index (κ3) is 3.27. The second-order valence-electron chi connectivity index (χ2n) is 4.55. The van der Waals surface area contributed by atoms with Crippen molar-refractivity contribution in [1.29, 1.82) is 0 Å². The molecular formula is C13H17FN2O3. The Balaban J connectivity index is 2.15. The first kappa shape index (κ1) is 13.9. The number of esters is 1. The second kappa shape index (κ2) is 6.08. The lowest BCUT2D eigenvalue weighted by molar-refractivity contribution is 0.0579. The number of likely N-dealkylation sites (tertiary alicyclic amines) is 1. The summed E-state index contributed by atoms with van der Waals surface area (Å²) < 4.78 is 22.5. The molecule has 0 radical (unpaired) electrons. The molecule has 0 saturated carbocycles. The number of aromatic nitrogens is 1. The summed E-state index contributed by atoms with van der Waals surface area (Å²) >= 11 is 0. The van der Waals surface area contributed by atoms with E-state index in [1.807, 2.05) is 4.90 Å². The number of methoxy groups -OCH3 is 2. The van der Waals surface area contributed by atoms with E-state index in [2.05, 4.69) is 9.72 Å². The van der Waals surface area contributed by atoms with Crippen molar-refractivity contribution in [1.82, 2.24) is 9.88 Å². The molecule has 0 spiro atoms. The van der Waals surface area contributed by atoms with Crippen molar-refractivity contribution in [3.8, 4) is 0 Å². The molecular weight excluding hydrogens is 251 g/mol. The Morgan fingerprint density at radius 2 is 2.21 bits per heavy atom. The maximum atomic E-state index is 12.8. The standard InChI is InChI=1S/C13H17FN2O3/c1-18-8-9-3-12(13(17)19-2)15-4-10(9)5-16-6-11(14)7-16/h3-4,11H,5-8H2,1-2H3. The molecule has 104 valence electrons. The van der Waals surface area contributed by atoms with Crippen molar-refractivity contribution in [2.24, 2.45) is 0 Å². The summed E-state index contributed by atoms with van der Waals surface area (Å²) in [6.07, 6.45) is 0.903. The molecule has 0 atom stereocenters. The van der Waals surface area contributed by atoms with Crippen LogP contribution in [0.25, 0.3) is 0 Å². The van der Waals surface area contributed by atoms with Gasteiger partial charge in [0.05, 0.1) is 13.7 Å². The molecule has 1 aliphatic rings. The van der Waals surface area contributed by atoms with Crippen molar-refractivity contribution < 1.29 is 18.7 Å². The van der Waals surface area contributed by atoms with Gasteiger partial charge in [-0.3, -0.25) is 4.90 Å². The fraction of sp³-hybridized carbons (Fsp3) is 0.538. The monoisotopic (exact) mass is 268 g/mol. The predicted octanol–water partition coefficient (Wildman–Crippen LogP) is 1.17. The summed E-state index contributed by atoms with van der Waals surface area (Å²) in [5, 5.41) is 0. The van der Waals surface area contributed by atoms with Crippen LogP contribution in [-0.4, -0.2) is 49.3 Å². The maximum Gasteiger partial charge on any atom is 0.356 e. The van der Waals surface area contributed by atoms with Gasteiger partial charge in [0.2, 0.25) is 0 Å². The van der Waals surface area contributed by atoms with E-state index in [0.29, 0.717) is 26.2 Å². The minimum absolute atomic E-state index is 0.255. The largest absolute Gasteiger partial charge is 0.464 e. The number of hydrogen-bond donors (Lipinski definition) is 0. The van der Waals surface area contributed by atoms with Gasteiger partial charge < -0.3 is 9.47 Å². The van der Waals surface area contributed by atoms with E-state index in [-0.39, 0.29) is 5.69 Å². The van der Waals surface area contributed by atoms with Crippen molar-refractivity contribution in [2.75, 3.05) is 27.3 Å². The molecule has 1 saturated heterocycles. The van der Waals surface area contributed by atoms with Crippen LogP contribution in [0, 0.1) is 0 Å². The summed E-state index contributed by atoms with van der Waals surface area (Å²) in [6, 6.07) is 1.66. The normalized spacial score (nSPS) is 16.2. The fourth-order valence-electron chi connectivity index (χ4n) is 2.05. The molecule has 0 N–H and O–H groups in total. The van der Waals surface area contributed by atoms with Gasteiger partial charge in [-0.1, -0.05) is 0 Å². The van der Waals surface area contributed by atoms with Crippen LogP contribution in [0.4, 0.5) is 4.39 Å². The van der Waals surface area contributed by atoms with Gasteiger partial charge >= 0.3 is 5.97 Å². The molecule has 2 rings (SSSR count). The number of rotatable bonds is 5. The number of hydrogen-bond acceptors (Lipinski definition) is 5. The van der Waals surface area contributed by atoms with Gasteiger partial charge in [0.1, 0.15) is 11.9 Å². The summed E-state index contributed by atoms with van der Waals surface area (Å²) in [7, 11) is 2.90. The molecule has 0 bridgehead atoms. The van der Waals surface area contributed by atoms with Gasteiger partial charge in [-0.25, -0.2) is 14.2 Å². The molecule has 2 heterocycles. The van der Waals surface area contributed by atoms with Crippen LogP contribution in [0.5, 0.6) is 0 Å². The lowest BCUT2D eigenvalue weighted by atomic mass is 10.1. The van der Waals surface area contributed by atoms with Crippen molar-refractivity contribution in [3.63, 3.8) is 0 Å². The molecule has 19 heavy (non-hydrogen) atoms. The molecule has 5 nitrogen and oxygen atoms in total. The van der Waals surface area contributed by atoms with Crippen LogP contribution < -0.4 is 0 Å². The Bertz CT molecular complexity index is 461. The van der Waals surface area contributed by atoms with Gasteiger partial charge in [0, 0.05) is 32.9 Å². The van der Waals surface area contributed by atoms with Crippen LogP contribution in [0.2, 0.25) is 0 Å². The first-order chi connectivity index (χ1) is 9.13. The average Bonchev–Trinajstić information content (AvgIpc) is 2.38. The van der Waals surface area contributed by atoms with Crippen molar-refractivity contribution in [3.05, 3.63) is 29.1 Å². The van der Waals surface area contributed by atoms with Crippen LogP contribution >= 0.6 is 0 Å². The summed E-state index contributed by atoms with van der Waals surface area (Å²) in [6.45, 7) is 1.90.